The number of rotatable bonds is 29. The highest BCUT2D eigenvalue weighted by atomic mass is 32.1. The van der Waals surface area contributed by atoms with Crippen molar-refractivity contribution in [3.05, 3.63) is 24.3 Å². The molecule has 21 nitrogen and oxygen atoms in total. The summed E-state index contributed by atoms with van der Waals surface area (Å²) in [6.07, 6.45) is 9.23. The van der Waals surface area contributed by atoms with E-state index in [2.05, 4.69) is 41.8 Å². The molecule has 0 aromatic carbocycles. The molecule has 1 aromatic rings. The summed E-state index contributed by atoms with van der Waals surface area (Å²) >= 11 is 5.04. The second-order valence-electron chi connectivity index (χ2n) is 13.2. The predicted molar refractivity (Wildman–Crippen MR) is 213 cm³/mol. The minimum absolute atomic E-state index is 0.0229. The molecule has 0 fully saturated rings. The van der Waals surface area contributed by atoms with Gasteiger partial charge in [0.2, 0.25) is 41.4 Å². The summed E-state index contributed by atoms with van der Waals surface area (Å²) in [5, 5.41) is 45.6. The third kappa shape index (κ3) is 25.9. The highest BCUT2D eigenvalue weighted by molar-refractivity contribution is 7.80. The molecule has 0 saturated carbocycles. The number of hydrogen-bond acceptors (Lipinski definition) is 14. The van der Waals surface area contributed by atoms with Crippen LogP contribution < -0.4 is 26.7 Å². The van der Waals surface area contributed by atoms with E-state index >= 15 is 0 Å². The number of amides is 7. The first-order valence-electron chi connectivity index (χ1n) is 19.4. The van der Waals surface area contributed by atoms with Crippen molar-refractivity contribution in [3.8, 4) is 0 Å². The largest absolute Gasteiger partial charge is 0.356 e. The maximum absolute atomic E-state index is 12.2. The summed E-state index contributed by atoms with van der Waals surface area (Å²) in [6, 6.07) is 0. The minimum atomic E-state index is -0.591. The van der Waals surface area contributed by atoms with Crippen molar-refractivity contribution in [2.75, 3.05) is 39.3 Å². The van der Waals surface area contributed by atoms with Crippen LogP contribution >= 0.6 is 12.2 Å². The second-order valence-corrected chi connectivity index (χ2v) is 13.6. The monoisotopic (exact) mass is 837 g/mol. The van der Waals surface area contributed by atoms with Crippen molar-refractivity contribution in [1.29, 1.82) is 0 Å². The summed E-state index contributed by atoms with van der Waals surface area (Å²) in [5.41, 5.74) is 3.59. The van der Waals surface area contributed by atoms with Crippen molar-refractivity contribution in [3.63, 3.8) is 0 Å². The molecule has 0 radical (unpaired) electrons. The quantitative estimate of drug-likeness (QED) is 0.0184. The van der Waals surface area contributed by atoms with Crippen LogP contribution in [0.25, 0.3) is 0 Å². The fourth-order valence-corrected chi connectivity index (χ4v) is 5.03. The number of carbonyl (C=O) groups excluding carboxylic acids is 7. The third-order valence-electron chi connectivity index (χ3n) is 8.27. The van der Waals surface area contributed by atoms with Crippen LogP contribution in [0.2, 0.25) is 0 Å². The molecule has 1 rings (SSSR count). The van der Waals surface area contributed by atoms with Crippen LogP contribution in [-0.2, 0) is 33.6 Å². The van der Waals surface area contributed by atoms with Gasteiger partial charge in [0.05, 0.1) is 11.9 Å². The van der Waals surface area contributed by atoms with Crippen LogP contribution in [0.15, 0.2) is 23.7 Å². The van der Waals surface area contributed by atoms with Crippen LogP contribution in [0.4, 0.5) is 0 Å². The van der Waals surface area contributed by atoms with Gasteiger partial charge in [-0.25, -0.2) is 15.2 Å². The molecule has 0 bridgehead atoms. The standard InChI is InChI=1S/C36H59N11O10S/c1-27(29-26-37-21-22-38-29)43-44-36(58)42-33(52)13-12-30(49)39-18-7-4-10-24-46(56)35(54)17-15-32(51)41-20-8-5-11-25-47(57)34(53)16-14-31(50)40-19-6-3-9-23-45(55)28(2)48/h21-22,26,55-57H,3-20,23-25H2,1-2H3,(H,39,49)(H,40,50)(H,41,51)(H2,42,44,52,58)/b43-27+. The number of thiocarbonyl (C=S) groups is 1. The smallest absolute Gasteiger partial charge is 0.246 e. The molecule has 324 valence electrons. The van der Waals surface area contributed by atoms with Crippen molar-refractivity contribution < 1.29 is 49.2 Å². The first-order chi connectivity index (χ1) is 27.7. The number of hydrogen-bond donors (Lipinski definition) is 8. The zero-order valence-corrected chi connectivity index (χ0v) is 34.2. The Labute approximate surface area is 343 Å². The van der Waals surface area contributed by atoms with Crippen LogP contribution in [0.3, 0.4) is 0 Å². The molecule has 1 aromatic heterocycles. The Morgan fingerprint density at radius 3 is 1.47 bits per heavy atom. The number of hydrazone groups is 1. The Bertz CT molecular complexity index is 1500. The van der Waals surface area contributed by atoms with Gasteiger partial charge >= 0.3 is 0 Å². The fraction of sp³-hybridized carbons (Fsp3) is 0.639. The Morgan fingerprint density at radius 2 is 1.03 bits per heavy atom. The van der Waals surface area contributed by atoms with Crippen LogP contribution in [-0.4, -0.2) is 132 Å². The van der Waals surface area contributed by atoms with Crippen molar-refractivity contribution in [2.24, 2.45) is 5.10 Å². The van der Waals surface area contributed by atoms with Gasteiger partial charge in [-0.2, -0.15) is 5.10 Å². The van der Waals surface area contributed by atoms with E-state index < -0.39 is 23.6 Å². The molecule has 22 heteroatoms. The lowest BCUT2D eigenvalue weighted by Gasteiger charge is -2.15. The average molecular weight is 838 g/mol. The third-order valence-corrected chi connectivity index (χ3v) is 8.46. The topological polar surface area (TPSA) is 288 Å². The van der Waals surface area contributed by atoms with Gasteiger partial charge in [-0.3, -0.25) is 64.6 Å². The first kappa shape index (κ1) is 50.8. The van der Waals surface area contributed by atoms with Gasteiger partial charge in [-0.15, -0.1) is 0 Å². The van der Waals surface area contributed by atoms with E-state index in [1.54, 1.807) is 6.92 Å². The molecule has 58 heavy (non-hydrogen) atoms. The van der Waals surface area contributed by atoms with Crippen molar-refractivity contribution in [2.45, 2.75) is 110 Å². The molecule has 0 aliphatic carbocycles. The Hall–Kier alpha value is -5.19. The molecule has 0 aliphatic rings. The van der Waals surface area contributed by atoms with Gasteiger partial charge in [-0.05, 0) is 76.9 Å². The Balaban J connectivity index is 2.02. The lowest BCUT2D eigenvalue weighted by atomic mass is 10.2. The van der Waals surface area contributed by atoms with E-state index in [0.717, 1.165) is 0 Å². The summed E-state index contributed by atoms with van der Waals surface area (Å²) in [5.74, 6) is -3.03. The minimum Gasteiger partial charge on any atom is -0.356 e. The molecular weight excluding hydrogens is 779 g/mol. The van der Waals surface area contributed by atoms with Gasteiger partial charge in [-0.1, -0.05) is 0 Å². The van der Waals surface area contributed by atoms with Gasteiger partial charge in [0.25, 0.3) is 0 Å². The van der Waals surface area contributed by atoms with Crippen LogP contribution in [0, 0.1) is 0 Å². The van der Waals surface area contributed by atoms with Gasteiger partial charge in [0.1, 0.15) is 5.69 Å². The van der Waals surface area contributed by atoms with E-state index in [1.165, 1.54) is 25.5 Å². The van der Waals surface area contributed by atoms with E-state index in [9.17, 15) is 49.2 Å². The number of nitrogens with one attached hydrogen (secondary N) is 5. The zero-order chi connectivity index (χ0) is 43.1. The summed E-state index contributed by atoms with van der Waals surface area (Å²) in [7, 11) is 0. The van der Waals surface area contributed by atoms with Crippen LogP contribution in [0.1, 0.15) is 116 Å². The number of unbranched alkanes of at least 4 members (excludes halogenated alkanes) is 6. The van der Waals surface area contributed by atoms with E-state index in [0.29, 0.717) is 104 Å². The van der Waals surface area contributed by atoms with E-state index in [4.69, 9.17) is 12.2 Å². The SMILES string of the molecule is CC(=O)N(O)CCCCCNC(=O)CCC(=O)N(O)CCCCCNC(=O)CCC(=O)N(O)CCCCCNC(=O)CCC(=O)NC(=S)N/N=C(\C)c1cnccn1. The van der Waals surface area contributed by atoms with E-state index in [1.807, 2.05) is 0 Å². The number of hydroxylamine groups is 6. The maximum atomic E-state index is 12.2. The summed E-state index contributed by atoms with van der Waals surface area (Å²) in [4.78, 5) is 91.5. The fourth-order valence-electron chi connectivity index (χ4n) is 4.87. The zero-order valence-electron chi connectivity index (χ0n) is 33.4. The number of carbonyl (C=O) groups is 7. The predicted octanol–water partition coefficient (Wildman–Crippen LogP) is 1.06. The van der Waals surface area contributed by atoms with Gasteiger partial charge < -0.3 is 21.3 Å². The summed E-state index contributed by atoms with van der Waals surface area (Å²) < 4.78 is 0. The average Bonchev–Trinajstić information content (AvgIpc) is 3.20. The van der Waals surface area contributed by atoms with Crippen LogP contribution in [0.5, 0.6) is 0 Å². The first-order valence-corrected chi connectivity index (χ1v) is 19.8. The molecule has 0 unspecified atom stereocenters. The Morgan fingerprint density at radius 1 is 0.603 bits per heavy atom. The van der Waals surface area contributed by atoms with Gasteiger partial charge in [0, 0.05) is 97.1 Å². The van der Waals surface area contributed by atoms with Gasteiger partial charge in [0.15, 0.2) is 5.11 Å². The van der Waals surface area contributed by atoms with E-state index in [-0.39, 0.29) is 81.0 Å². The highest BCUT2D eigenvalue weighted by Crippen LogP contribution is 2.04. The molecule has 1 heterocycles. The lowest BCUT2D eigenvalue weighted by molar-refractivity contribution is -0.166. The lowest BCUT2D eigenvalue weighted by Crippen LogP contribution is -2.37. The maximum Gasteiger partial charge on any atom is 0.246 e. The van der Waals surface area contributed by atoms with Crippen molar-refractivity contribution in [1.82, 2.24) is 51.9 Å². The highest BCUT2D eigenvalue weighted by Gasteiger charge is 2.15. The molecule has 0 aliphatic heterocycles. The summed E-state index contributed by atoms with van der Waals surface area (Å²) in [6.45, 7) is 4.41. The molecule has 0 spiro atoms. The second kappa shape index (κ2) is 30.9. The van der Waals surface area contributed by atoms with Crippen molar-refractivity contribution >= 4 is 64.4 Å². The number of aromatic nitrogens is 2. The molecule has 0 atom stereocenters. The molecular formula is C36H59N11O10S. The molecule has 7 amide bonds. The normalized spacial score (nSPS) is 10.9. The Kier molecular flexibility index (Phi) is 27.1. The molecule has 0 saturated heterocycles. The molecule has 8 N–H and O–H groups in total. The number of nitrogens with zero attached hydrogens (tertiary/aromatic N) is 6.